The van der Waals surface area contributed by atoms with Crippen LogP contribution in [0, 0.1) is 0 Å². The van der Waals surface area contributed by atoms with Crippen molar-refractivity contribution in [3.05, 3.63) is 65.7 Å². The molecule has 10 nitrogen and oxygen atoms in total. The topological polar surface area (TPSA) is 151 Å². The largest absolute Gasteiger partial charge is 0.496 e. The van der Waals surface area contributed by atoms with Gasteiger partial charge in [0.15, 0.2) is 0 Å². The highest BCUT2D eigenvalue weighted by atomic mass is 16.5. The molecule has 0 radical (unpaired) electrons. The van der Waals surface area contributed by atoms with Gasteiger partial charge in [0.2, 0.25) is 11.8 Å². The lowest BCUT2D eigenvalue weighted by molar-refractivity contribution is -0.115. The highest BCUT2D eigenvalue weighted by molar-refractivity contribution is 6.03. The molecule has 0 bridgehead atoms. The Morgan fingerprint density at radius 1 is 1.14 bits per heavy atom. The number of nitrogens with one attached hydrogen (secondary N) is 1. The van der Waals surface area contributed by atoms with Crippen LogP contribution >= 0.6 is 0 Å². The quantitative estimate of drug-likeness (QED) is 0.352. The van der Waals surface area contributed by atoms with Gasteiger partial charge in [-0.1, -0.05) is 41.6 Å². The maximum absolute atomic E-state index is 12.6. The van der Waals surface area contributed by atoms with Crippen LogP contribution < -0.4 is 21.5 Å². The molecule has 35 heavy (non-hydrogen) atoms. The lowest BCUT2D eigenvalue weighted by Crippen LogP contribution is -2.15. The number of methoxy groups -OCH3 is 1. The summed E-state index contributed by atoms with van der Waals surface area (Å²) in [6, 6.07) is 16.1. The Morgan fingerprint density at radius 2 is 1.86 bits per heavy atom. The predicted octanol–water partition coefficient (Wildman–Crippen LogP) is 3.66. The molecule has 4 aromatic rings. The maximum Gasteiger partial charge on any atom is 0.254 e. The summed E-state index contributed by atoms with van der Waals surface area (Å²) in [5, 5.41) is 11.2. The van der Waals surface area contributed by atoms with Gasteiger partial charge in [-0.3, -0.25) is 14.9 Å². The number of nitrogen functional groups attached to an aromatic ring is 1. The number of ether oxygens (including phenoxy) is 1. The summed E-state index contributed by atoms with van der Waals surface area (Å²) in [6.07, 6.45) is 0.107. The monoisotopic (exact) mass is 474 g/mol. The first-order chi connectivity index (χ1) is 16.8. The Hall–Kier alpha value is -4.60. The average molecular weight is 475 g/mol. The minimum absolute atomic E-state index is 0.0376. The molecule has 0 aliphatic carbocycles. The molecule has 2 heterocycles. The number of primary amides is 1. The van der Waals surface area contributed by atoms with Gasteiger partial charge in [-0.2, -0.15) is 5.10 Å². The van der Waals surface area contributed by atoms with E-state index in [-0.39, 0.29) is 35.6 Å². The van der Waals surface area contributed by atoms with E-state index in [0.29, 0.717) is 22.7 Å². The molecule has 4 rings (SSSR count). The fourth-order valence-electron chi connectivity index (χ4n) is 3.75. The van der Waals surface area contributed by atoms with Crippen LogP contribution in [-0.4, -0.2) is 33.9 Å². The number of nitrogens with zero attached hydrogens (tertiary/aromatic N) is 3. The highest BCUT2D eigenvalue weighted by Gasteiger charge is 2.22. The molecule has 180 valence electrons. The van der Waals surface area contributed by atoms with E-state index in [4.69, 9.17) is 20.7 Å². The smallest absolute Gasteiger partial charge is 0.254 e. The van der Waals surface area contributed by atoms with Crippen molar-refractivity contribution in [2.45, 2.75) is 26.3 Å². The molecule has 0 saturated heterocycles. The van der Waals surface area contributed by atoms with Gasteiger partial charge in [-0.25, -0.2) is 4.68 Å². The maximum atomic E-state index is 12.6. The standard InChI is InChI=1S/C25H26N6O4/c1-14(2)31-24(26)22(25(27)33)23(29-31)16-10-8-15(9-11-16)12-20(32)28-21-13-18(30-35-21)17-6-4-5-7-19(17)34-3/h4-11,13-14H,12,26H2,1-3H3,(H2,27,33)(H,28,32). The summed E-state index contributed by atoms with van der Waals surface area (Å²) in [7, 11) is 1.58. The molecular weight excluding hydrogens is 448 g/mol. The summed E-state index contributed by atoms with van der Waals surface area (Å²) in [5.41, 5.74) is 15.0. The van der Waals surface area contributed by atoms with E-state index in [2.05, 4.69) is 15.6 Å². The predicted molar refractivity (Wildman–Crippen MR) is 132 cm³/mol. The van der Waals surface area contributed by atoms with Crippen molar-refractivity contribution in [2.24, 2.45) is 5.73 Å². The first-order valence-electron chi connectivity index (χ1n) is 11.0. The number of benzene rings is 2. The Kier molecular flexibility index (Phi) is 6.54. The zero-order valence-electron chi connectivity index (χ0n) is 19.6. The lowest BCUT2D eigenvalue weighted by atomic mass is 10.0. The van der Waals surface area contributed by atoms with Crippen molar-refractivity contribution < 1.29 is 18.8 Å². The molecule has 0 aliphatic heterocycles. The molecule has 0 aliphatic rings. The van der Waals surface area contributed by atoms with Crippen LogP contribution in [0.1, 0.15) is 35.8 Å². The van der Waals surface area contributed by atoms with Gasteiger partial charge >= 0.3 is 0 Å². The Morgan fingerprint density at radius 3 is 2.51 bits per heavy atom. The second-order valence-electron chi connectivity index (χ2n) is 8.21. The number of amides is 2. The summed E-state index contributed by atoms with van der Waals surface area (Å²) in [4.78, 5) is 24.5. The first-order valence-corrected chi connectivity index (χ1v) is 11.0. The van der Waals surface area contributed by atoms with Crippen LogP contribution in [0.5, 0.6) is 5.75 Å². The van der Waals surface area contributed by atoms with Crippen molar-refractivity contribution in [3.8, 4) is 28.3 Å². The Balaban J connectivity index is 1.47. The second kappa shape index (κ2) is 9.72. The van der Waals surface area contributed by atoms with E-state index in [0.717, 1.165) is 11.1 Å². The van der Waals surface area contributed by atoms with Crippen LogP contribution in [-0.2, 0) is 11.2 Å². The normalized spacial score (nSPS) is 11.0. The Labute approximate surface area is 201 Å². The molecule has 5 N–H and O–H groups in total. The Bertz CT molecular complexity index is 1370. The van der Waals surface area contributed by atoms with E-state index in [1.807, 2.05) is 38.1 Å². The highest BCUT2D eigenvalue weighted by Crippen LogP contribution is 2.31. The molecule has 0 unspecified atom stereocenters. The van der Waals surface area contributed by atoms with Gasteiger partial charge in [0, 0.05) is 23.2 Å². The van der Waals surface area contributed by atoms with Crippen molar-refractivity contribution in [1.82, 2.24) is 14.9 Å². The molecule has 0 fully saturated rings. The van der Waals surface area contributed by atoms with Gasteiger partial charge in [-0.05, 0) is 31.5 Å². The van der Waals surface area contributed by atoms with E-state index < -0.39 is 5.91 Å². The van der Waals surface area contributed by atoms with E-state index in [1.165, 1.54) is 0 Å². The molecule has 0 spiro atoms. The number of aromatic nitrogens is 3. The van der Waals surface area contributed by atoms with Crippen LogP contribution in [0.2, 0.25) is 0 Å². The van der Waals surface area contributed by atoms with Crippen molar-refractivity contribution in [3.63, 3.8) is 0 Å². The zero-order valence-corrected chi connectivity index (χ0v) is 19.6. The molecule has 2 aromatic carbocycles. The number of rotatable bonds is 8. The molecule has 2 aromatic heterocycles. The fourth-order valence-corrected chi connectivity index (χ4v) is 3.75. The average Bonchev–Trinajstić information content (AvgIpc) is 3.43. The fraction of sp³-hybridized carbons (Fsp3) is 0.200. The SMILES string of the molecule is COc1ccccc1-c1cc(NC(=O)Cc2ccc(-c3nn(C(C)C)c(N)c3C(N)=O)cc2)on1. The van der Waals surface area contributed by atoms with Crippen molar-refractivity contribution >= 4 is 23.5 Å². The van der Waals surface area contributed by atoms with Crippen molar-refractivity contribution in [2.75, 3.05) is 18.2 Å². The third-order valence-corrected chi connectivity index (χ3v) is 5.43. The zero-order chi connectivity index (χ0) is 25.1. The van der Waals surface area contributed by atoms with Gasteiger partial charge < -0.3 is 20.7 Å². The van der Waals surface area contributed by atoms with Gasteiger partial charge in [-0.15, -0.1) is 0 Å². The summed E-state index contributed by atoms with van der Waals surface area (Å²) in [6.45, 7) is 3.82. The third-order valence-electron chi connectivity index (χ3n) is 5.43. The molecule has 0 atom stereocenters. The minimum atomic E-state index is -0.646. The van der Waals surface area contributed by atoms with Crippen LogP contribution in [0.4, 0.5) is 11.7 Å². The minimum Gasteiger partial charge on any atom is -0.496 e. The summed E-state index contributed by atoms with van der Waals surface area (Å²) in [5.74, 6) is 0.191. The van der Waals surface area contributed by atoms with Crippen LogP contribution in [0.3, 0.4) is 0 Å². The number of carbonyl (C=O) groups excluding carboxylic acids is 2. The third kappa shape index (κ3) is 4.86. The lowest BCUT2D eigenvalue weighted by Gasteiger charge is -2.07. The van der Waals surface area contributed by atoms with Gasteiger partial charge in [0.25, 0.3) is 5.91 Å². The molecule has 10 heteroatoms. The number of para-hydroxylation sites is 1. The molecular formula is C25H26N6O4. The number of anilines is 2. The number of hydrogen-bond acceptors (Lipinski definition) is 7. The van der Waals surface area contributed by atoms with E-state index >= 15 is 0 Å². The van der Waals surface area contributed by atoms with Gasteiger partial charge in [0.1, 0.15) is 28.5 Å². The van der Waals surface area contributed by atoms with E-state index in [1.54, 1.807) is 42.1 Å². The number of hydrogen-bond donors (Lipinski definition) is 3. The number of carbonyl (C=O) groups is 2. The summed E-state index contributed by atoms with van der Waals surface area (Å²) >= 11 is 0. The van der Waals surface area contributed by atoms with E-state index in [9.17, 15) is 9.59 Å². The van der Waals surface area contributed by atoms with Crippen LogP contribution in [0.15, 0.2) is 59.1 Å². The van der Waals surface area contributed by atoms with Crippen LogP contribution in [0.25, 0.3) is 22.5 Å². The molecule has 0 saturated carbocycles. The first kappa shape index (κ1) is 23.6. The second-order valence-corrected chi connectivity index (χ2v) is 8.21. The molecule has 2 amide bonds. The number of nitrogens with two attached hydrogens (primary N) is 2. The van der Waals surface area contributed by atoms with Gasteiger partial charge in [0.05, 0.1) is 13.5 Å². The summed E-state index contributed by atoms with van der Waals surface area (Å²) < 4.78 is 12.2. The van der Waals surface area contributed by atoms with Crippen molar-refractivity contribution in [1.29, 1.82) is 0 Å².